The summed E-state index contributed by atoms with van der Waals surface area (Å²) >= 11 is 3.48. The summed E-state index contributed by atoms with van der Waals surface area (Å²) in [4.78, 5) is 0. The zero-order valence-corrected chi connectivity index (χ0v) is 10.4. The third-order valence-electron chi connectivity index (χ3n) is 2.37. The first-order chi connectivity index (χ1) is 7.72. The smallest absolute Gasteiger partial charge is 0.0787 e. The van der Waals surface area contributed by atoms with Crippen LogP contribution in [-0.2, 0) is 6.42 Å². The lowest BCUT2D eigenvalue weighted by atomic mass is 10.2. The fourth-order valence-corrected chi connectivity index (χ4v) is 1.98. The first-order valence-electron chi connectivity index (χ1n) is 4.89. The summed E-state index contributed by atoms with van der Waals surface area (Å²) in [5.41, 5.74) is 2.85. The highest BCUT2D eigenvalue weighted by Gasteiger charge is 2.07. The molecule has 0 N–H and O–H groups in total. The summed E-state index contributed by atoms with van der Waals surface area (Å²) < 4.78 is 2.78. The second-order valence-electron chi connectivity index (χ2n) is 3.47. The maximum absolute atomic E-state index is 8.68. The molecule has 80 valence electrons. The van der Waals surface area contributed by atoms with Gasteiger partial charge < -0.3 is 0 Å². The van der Waals surface area contributed by atoms with Crippen molar-refractivity contribution in [2.24, 2.45) is 0 Å². The molecule has 0 saturated carbocycles. The molecule has 4 heteroatoms. The Labute approximate surface area is 102 Å². The van der Waals surface area contributed by atoms with Crippen LogP contribution in [0.4, 0.5) is 0 Å². The van der Waals surface area contributed by atoms with Crippen molar-refractivity contribution in [3.05, 3.63) is 46.2 Å². The number of nitrogens with zero attached hydrogens (tertiary/aromatic N) is 3. The Morgan fingerprint density at radius 2 is 2.19 bits per heavy atom. The minimum absolute atomic E-state index is 0.399. The quantitative estimate of drug-likeness (QED) is 0.846. The molecule has 0 radical (unpaired) electrons. The van der Waals surface area contributed by atoms with Crippen LogP contribution >= 0.6 is 15.9 Å². The summed E-state index contributed by atoms with van der Waals surface area (Å²) in [6.07, 6.45) is 2.30. The molecule has 0 atom stereocenters. The molecule has 0 aliphatic carbocycles. The highest BCUT2D eigenvalue weighted by Crippen LogP contribution is 2.21. The number of halogens is 1. The van der Waals surface area contributed by atoms with Crippen LogP contribution in [0.1, 0.15) is 11.3 Å². The molecule has 0 aliphatic rings. The van der Waals surface area contributed by atoms with Crippen molar-refractivity contribution in [1.29, 1.82) is 5.26 Å². The van der Waals surface area contributed by atoms with Gasteiger partial charge in [-0.1, -0.05) is 12.1 Å². The Morgan fingerprint density at radius 1 is 1.44 bits per heavy atom. The zero-order valence-electron chi connectivity index (χ0n) is 8.81. The monoisotopic (exact) mass is 275 g/mol. The number of para-hydroxylation sites is 1. The molecule has 16 heavy (non-hydrogen) atoms. The van der Waals surface area contributed by atoms with Gasteiger partial charge in [0.15, 0.2) is 0 Å². The molecule has 0 fully saturated rings. The lowest BCUT2D eigenvalue weighted by Crippen LogP contribution is -1.95. The van der Waals surface area contributed by atoms with Crippen LogP contribution in [0.25, 0.3) is 5.69 Å². The zero-order chi connectivity index (χ0) is 11.5. The van der Waals surface area contributed by atoms with Gasteiger partial charge in [-0.25, -0.2) is 4.68 Å². The highest BCUT2D eigenvalue weighted by molar-refractivity contribution is 9.10. The number of aryl methyl sites for hydroxylation is 1. The van der Waals surface area contributed by atoms with E-state index in [1.807, 2.05) is 37.4 Å². The molecule has 0 amide bonds. The Hall–Kier alpha value is -1.60. The molecule has 1 aromatic carbocycles. The number of hydrogen-bond acceptors (Lipinski definition) is 2. The maximum Gasteiger partial charge on any atom is 0.0787 e. The van der Waals surface area contributed by atoms with Crippen LogP contribution in [0, 0.1) is 18.3 Å². The molecule has 0 spiro atoms. The molecule has 1 aromatic heterocycles. The van der Waals surface area contributed by atoms with E-state index < -0.39 is 0 Å². The Kier molecular flexibility index (Phi) is 3.07. The largest absolute Gasteiger partial charge is 0.239 e. The summed E-state index contributed by atoms with van der Waals surface area (Å²) in [6, 6.07) is 10.0. The normalized spacial score (nSPS) is 10.1. The molecule has 0 unspecified atom stereocenters. The van der Waals surface area contributed by atoms with Gasteiger partial charge in [0.05, 0.1) is 23.9 Å². The van der Waals surface area contributed by atoms with Crippen molar-refractivity contribution in [3.63, 3.8) is 0 Å². The van der Waals surface area contributed by atoms with Crippen LogP contribution in [0.15, 0.2) is 34.9 Å². The fourth-order valence-electron chi connectivity index (χ4n) is 1.52. The highest BCUT2D eigenvalue weighted by atomic mass is 79.9. The predicted octanol–water partition coefficient (Wildman–Crippen LogP) is 3.01. The lowest BCUT2D eigenvalue weighted by molar-refractivity contribution is 0.859. The molecule has 2 rings (SSSR count). The van der Waals surface area contributed by atoms with E-state index in [0.29, 0.717) is 6.42 Å². The topological polar surface area (TPSA) is 41.6 Å². The average molecular weight is 276 g/mol. The average Bonchev–Trinajstić information content (AvgIpc) is 2.61. The molecular weight excluding hydrogens is 266 g/mol. The molecule has 1 heterocycles. The van der Waals surface area contributed by atoms with Crippen molar-refractivity contribution in [3.8, 4) is 11.8 Å². The van der Waals surface area contributed by atoms with E-state index in [2.05, 4.69) is 27.1 Å². The van der Waals surface area contributed by atoms with E-state index in [9.17, 15) is 0 Å². The first-order valence-corrected chi connectivity index (χ1v) is 5.68. The molecule has 0 aliphatic heterocycles. The van der Waals surface area contributed by atoms with Gasteiger partial charge in [-0.2, -0.15) is 10.4 Å². The van der Waals surface area contributed by atoms with Crippen LogP contribution in [-0.4, -0.2) is 9.78 Å². The van der Waals surface area contributed by atoms with Gasteiger partial charge in [0.1, 0.15) is 0 Å². The minimum Gasteiger partial charge on any atom is -0.239 e. The van der Waals surface area contributed by atoms with E-state index in [4.69, 9.17) is 5.26 Å². The van der Waals surface area contributed by atoms with Crippen LogP contribution in [0.5, 0.6) is 0 Å². The lowest BCUT2D eigenvalue weighted by Gasteiger charge is -2.02. The van der Waals surface area contributed by atoms with Gasteiger partial charge in [-0.15, -0.1) is 0 Å². The van der Waals surface area contributed by atoms with E-state index in [1.165, 1.54) is 0 Å². The third-order valence-corrected chi connectivity index (χ3v) is 3.04. The van der Waals surface area contributed by atoms with Gasteiger partial charge in [0.2, 0.25) is 0 Å². The van der Waals surface area contributed by atoms with Crippen molar-refractivity contribution >= 4 is 15.9 Å². The number of rotatable bonds is 2. The summed E-state index contributed by atoms with van der Waals surface area (Å²) in [5.74, 6) is 0. The summed E-state index contributed by atoms with van der Waals surface area (Å²) in [7, 11) is 0. The van der Waals surface area contributed by atoms with Gasteiger partial charge in [0, 0.05) is 16.2 Å². The van der Waals surface area contributed by atoms with Gasteiger partial charge in [0.25, 0.3) is 0 Å². The van der Waals surface area contributed by atoms with Crippen molar-refractivity contribution < 1.29 is 0 Å². The van der Waals surface area contributed by atoms with Crippen molar-refractivity contribution in [1.82, 2.24) is 9.78 Å². The second kappa shape index (κ2) is 4.50. The molecular formula is C12H10BrN3. The van der Waals surface area contributed by atoms with Gasteiger partial charge in [-0.05, 0) is 35.0 Å². The van der Waals surface area contributed by atoms with E-state index in [1.54, 1.807) is 4.68 Å². The Balaban J connectivity index is 2.46. The van der Waals surface area contributed by atoms with E-state index >= 15 is 0 Å². The maximum atomic E-state index is 8.68. The van der Waals surface area contributed by atoms with Crippen molar-refractivity contribution in [2.45, 2.75) is 13.3 Å². The summed E-state index contributed by atoms with van der Waals surface area (Å²) in [5, 5.41) is 13.1. The number of aromatic nitrogens is 2. The standard InChI is InChI=1S/C12H10BrN3/c1-9-10(6-7-14)8-16(15-9)12-5-3-2-4-11(12)13/h2-5,8H,6H2,1H3. The Morgan fingerprint density at radius 3 is 2.88 bits per heavy atom. The molecule has 3 nitrogen and oxygen atoms in total. The van der Waals surface area contributed by atoms with E-state index in [0.717, 1.165) is 21.4 Å². The third kappa shape index (κ3) is 2.00. The predicted molar refractivity (Wildman–Crippen MR) is 65.3 cm³/mol. The summed E-state index contributed by atoms with van der Waals surface area (Å²) in [6.45, 7) is 1.92. The molecule has 2 aromatic rings. The SMILES string of the molecule is Cc1nn(-c2ccccc2Br)cc1CC#N. The number of nitriles is 1. The molecule has 0 saturated heterocycles. The van der Waals surface area contributed by atoms with Crippen LogP contribution < -0.4 is 0 Å². The minimum atomic E-state index is 0.399. The second-order valence-corrected chi connectivity index (χ2v) is 4.32. The molecule has 0 bridgehead atoms. The van der Waals surface area contributed by atoms with Crippen molar-refractivity contribution in [2.75, 3.05) is 0 Å². The van der Waals surface area contributed by atoms with Gasteiger partial charge in [-0.3, -0.25) is 0 Å². The first kappa shape index (κ1) is 10.9. The van der Waals surface area contributed by atoms with Crippen LogP contribution in [0.2, 0.25) is 0 Å². The van der Waals surface area contributed by atoms with Gasteiger partial charge >= 0.3 is 0 Å². The van der Waals surface area contributed by atoms with Crippen LogP contribution in [0.3, 0.4) is 0 Å². The number of benzene rings is 1. The fraction of sp³-hybridized carbons (Fsp3) is 0.167. The Bertz CT molecular complexity index is 552. The number of hydrogen-bond donors (Lipinski definition) is 0. The van der Waals surface area contributed by atoms with E-state index in [-0.39, 0.29) is 0 Å².